The molecule has 2 aliphatic heterocycles. The third-order valence-corrected chi connectivity index (χ3v) is 6.88. The number of methoxy groups -OCH3 is 2. The van der Waals surface area contributed by atoms with Gasteiger partial charge in [-0.2, -0.15) is 4.98 Å². The molecular formula is C25H34N4O3. The van der Waals surface area contributed by atoms with E-state index in [1.165, 1.54) is 12.0 Å². The van der Waals surface area contributed by atoms with Crippen LogP contribution in [0.4, 0.5) is 5.95 Å². The highest BCUT2D eigenvalue weighted by molar-refractivity contribution is 5.79. The SMILES string of the molecule is COc1ccc(CCC2CCN(C(=O)C3CCN(c4nccc(OC)n4)CC3)CC2)cc1. The number of benzene rings is 1. The molecule has 0 atom stereocenters. The van der Waals surface area contributed by atoms with Gasteiger partial charge in [-0.15, -0.1) is 0 Å². The molecule has 0 spiro atoms. The number of ether oxygens (including phenoxy) is 2. The molecule has 2 saturated heterocycles. The number of anilines is 1. The van der Waals surface area contributed by atoms with Crippen molar-refractivity contribution in [2.45, 2.75) is 38.5 Å². The van der Waals surface area contributed by atoms with Crippen LogP contribution in [0.3, 0.4) is 0 Å². The number of carbonyl (C=O) groups excluding carboxylic acids is 1. The zero-order valence-electron chi connectivity index (χ0n) is 19.2. The molecule has 0 N–H and O–H groups in total. The summed E-state index contributed by atoms with van der Waals surface area (Å²) >= 11 is 0. The van der Waals surface area contributed by atoms with E-state index in [9.17, 15) is 4.79 Å². The van der Waals surface area contributed by atoms with Gasteiger partial charge in [0.15, 0.2) is 0 Å². The molecular weight excluding hydrogens is 404 g/mol. The number of aryl methyl sites for hydroxylation is 1. The van der Waals surface area contributed by atoms with Crippen LogP contribution in [0.25, 0.3) is 0 Å². The van der Waals surface area contributed by atoms with Crippen molar-refractivity contribution in [2.75, 3.05) is 45.3 Å². The van der Waals surface area contributed by atoms with Crippen LogP contribution >= 0.6 is 0 Å². The molecule has 0 bridgehead atoms. The second-order valence-corrected chi connectivity index (χ2v) is 8.82. The van der Waals surface area contributed by atoms with Gasteiger partial charge in [-0.05, 0) is 62.1 Å². The minimum atomic E-state index is 0.118. The van der Waals surface area contributed by atoms with Crippen LogP contribution in [0.2, 0.25) is 0 Å². The third kappa shape index (κ3) is 5.50. The third-order valence-electron chi connectivity index (χ3n) is 6.88. The molecule has 1 aromatic heterocycles. The molecule has 3 heterocycles. The fourth-order valence-electron chi connectivity index (χ4n) is 4.79. The van der Waals surface area contributed by atoms with Crippen LogP contribution in [-0.4, -0.2) is 61.2 Å². The zero-order chi connectivity index (χ0) is 22.3. The van der Waals surface area contributed by atoms with Crippen molar-refractivity contribution in [1.82, 2.24) is 14.9 Å². The lowest BCUT2D eigenvalue weighted by molar-refractivity contribution is -0.137. The predicted molar refractivity (Wildman–Crippen MR) is 124 cm³/mol. The van der Waals surface area contributed by atoms with Crippen molar-refractivity contribution in [3.05, 3.63) is 42.1 Å². The fourth-order valence-corrected chi connectivity index (χ4v) is 4.79. The number of nitrogens with zero attached hydrogens (tertiary/aromatic N) is 4. The Bertz CT molecular complexity index is 873. The highest BCUT2D eigenvalue weighted by Crippen LogP contribution is 2.27. The lowest BCUT2D eigenvalue weighted by atomic mass is 9.89. The van der Waals surface area contributed by atoms with Gasteiger partial charge < -0.3 is 19.3 Å². The quantitative estimate of drug-likeness (QED) is 0.658. The van der Waals surface area contributed by atoms with Crippen molar-refractivity contribution in [1.29, 1.82) is 0 Å². The Hall–Kier alpha value is -2.83. The summed E-state index contributed by atoms with van der Waals surface area (Å²) < 4.78 is 10.4. The second kappa shape index (κ2) is 10.7. The lowest BCUT2D eigenvalue weighted by Gasteiger charge is -2.37. The predicted octanol–water partition coefficient (Wildman–Crippen LogP) is 3.58. The number of rotatable bonds is 7. The Morgan fingerprint density at radius 3 is 2.34 bits per heavy atom. The molecule has 0 radical (unpaired) electrons. The summed E-state index contributed by atoms with van der Waals surface area (Å²) in [5.41, 5.74) is 1.36. The van der Waals surface area contributed by atoms with Gasteiger partial charge in [0.05, 0.1) is 14.2 Å². The molecule has 4 rings (SSSR count). The van der Waals surface area contributed by atoms with Crippen molar-refractivity contribution < 1.29 is 14.3 Å². The van der Waals surface area contributed by atoms with Crippen LogP contribution < -0.4 is 14.4 Å². The Labute approximate surface area is 190 Å². The average molecular weight is 439 g/mol. The minimum Gasteiger partial charge on any atom is -0.497 e. The first-order valence-corrected chi connectivity index (χ1v) is 11.7. The van der Waals surface area contributed by atoms with Crippen LogP contribution in [0, 0.1) is 11.8 Å². The molecule has 0 saturated carbocycles. The lowest BCUT2D eigenvalue weighted by Crippen LogP contribution is -2.45. The normalized spacial score (nSPS) is 17.9. The first-order valence-electron chi connectivity index (χ1n) is 11.7. The van der Waals surface area contributed by atoms with Gasteiger partial charge in [0.1, 0.15) is 5.75 Å². The van der Waals surface area contributed by atoms with E-state index >= 15 is 0 Å². The molecule has 172 valence electrons. The molecule has 32 heavy (non-hydrogen) atoms. The van der Waals surface area contributed by atoms with Crippen molar-refractivity contribution in [3.8, 4) is 11.6 Å². The highest BCUT2D eigenvalue weighted by Gasteiger charge is 2.31. The number of hydrogen-bond acceptors (Lipinski definition) is 6. The Kier molecular flexibility index (Phi) is 7.45. The summed E-state index contributed by atoms with van der Waals surface area (Å²) in [5, 5.41) is 0. The van der Waals surface area contributed by atoms with Crippen LogP contribution in [0.1, 0.15) is 37.7 Å². The van der Waals surface area contributed by atoms with Crippen molar-refractivity contribution >= 4 is 11.9 Å². The van der Waals surface area contributed by atoms with Crippen LogP contribution in [0.5, 0.6) is 11.6 Å². The van der Waals surface area contributed by atoms with Gasteiger partial charge >= 0.3 is 0 Å². The van der Waals surface area contributed by atoms with Gasteiger partial charge in [0.25, 0.3) is 0 Å². The Morgan fingerprint density at radius 2 is 1.69 bits per heavy atom. The zero-order valence-corrected chi connectivity index (χ0v) is 19.2. The second-order valence-electron chi connectivity index (χ2n) is 8.82. The summed E-state index contributed by atoms with van der Waals surface area (Å²) in [6, 6.07) is 10.1. The number of likely N-dealkylation sites (tertiary alicyclic amines) is 1. The average Bonchev–Trinajstić information content (AvgIpc) is 2.88. The maximum atomic E-state index is 13.1. The van der Waals surface area contributed by atoms with E-state index < -0.39 is 0 Å². The number of piperidine rings is 2. The van der Waals surface area contributed by atoms with Crippen molar-refractivity contribution in [2.24, 2.45) is 11.8 Å². The molecule has 0 aliphatic carbocycles. The molecule has 1 aromatic carbocycles. The smallest absolute Gasteiger partial charge is 0.228 e. The molecule has 2 aromatic rings. The van der Waals surface area contributed by atoms with E-state index in [-0.39, 0.29) is 5.92 Å². The summed E-state index contributed by atoms with van der Waals surface area (Å²) in [5.74, 6) is 3.32. The van der Waals surface area contributed by atoms with Gasteiger partial charge in [0.2, 0.25) is 17.7 Å². The Morgan fingerprint density at radius 1 is 0.969 bits per heavy atom. The molecule has 7 nitrogen and oxygen atoms in total. The van der Waals surface area contributed by atoms with Crippen LogP contribution in [0.15, 0.2) is 36.5 Å². The topological polar surface area (TPSA) is 67.8 Å². The largest absolute Gasteiger partial charge is 0.497 e. The highest BCUT2D eigenvalue weighted by atomic mass is 16.5. The van der Waals surface area contributed by atoms with Gasteiger partial charge in [-0.25, -0.2) is 4.98 Å². The van der Waals surface area contributed by atoms with E-state index in [1.54, 1.807) is 26.5 Å². The first-order chi connectivity index (χ1) is 15.7. The summed E-state index contributed by atoms with van der Waals surface area (Å²) in [7, 11) is 3.31. The van der Waals surface area contributed by atoms with E-state index in [1.807, 2.05) is 12.1 Å². The number of aromatic nitrogens is 2. The maximum absolute atomic E-state index is 13.1. The molecule has 2 fully saturated rings. The van der Waals surface area contributed by atoms with Gasteiger partial charge in [0, 0.05) is 44.4 Å². The minimum absolute atomic E-state index is 0.118. The fraction of sp³-hybridized carbons (Fsp3) is 0.560. The van der Waals surface area contributed by atoms with E-state index in [4.69, 9.17) is 9.47 Å². The molecule has 1 amide bonds. The Balaban J connectivity index is 1.20. The summed E-state index contributed by atoms with van der Waals surface area (Å²) in [4.78, 5) is 26.1. The summed E-state index contributed by atoms with van der Waals surface area (Å²) in [6.45, 7) is 3.40. The van der Waals surface area contributed by atoms with E-state index in [0.29, 0.717) is 23.7 Å². The molecule has 2 aliphatic rings. The van der Waals surface area contributed by atoms with Crippen LogP contribution in [-0.2, 0) is 11.2 Å². The molecule has 0 unspecified atom stereocenters. The monoisotopic (exact) mass is 438 g/mol. The maximum Gasteiger partial charge on any atom is 0.228 e. The first kappa shape index (κ1) is 22.4. The standard InChI is InChI=1S/C25H34N4O3/c1-31-22-7-5-19(6-8-22)3-4-20-10-15-28(16-11-20)24(30)21-12-17-29(18-13-21)25-26-14-9-23(27-25)32-2/h5-9,14,20-21H,3-4,10-13,15-18H2,1-2H3. The number of carbonyl (C=O) groups is 1. The van der Waals surface area contributed by atoms with Gasteiger partial charge in [-0.1, -0.05) is 12.1 Å². The van der Waals surface area contributed by atoms with Gasteiger partial charge in [-0.3, -0.25) is 4.79 Å². The summed E-state index contributed by atoms with van der Waals surface area (Å²) in [6.07, 6.45) is 7.93. The van der Waals surface area contributed by atoms with E-state index in [0.717, 1.165) is 64.0 Å². The number of amides is 1. The molecule has 7 heteroatoms. The van der Waals surface area contributed by atoms with E-state index in [2.05, 4.69) is 31.9 Å². The van der Waals surface area contributed by atoms with Crippen molar-refractivity contribution in [3.63, 3.8) is 0 Å². The number of hydrogen-bond donors (Lipinski definition) is 0.